The summed E-state index contributed by atoms with van der Waals surface area (Å²) < 4.78 is 0. The van der Waals surface area contributed by atoms with Crippen molar-refractivity contribution in [3.8, 4) is 89.5 Å². The predicted molar refractivity (Wildman–Crippen MR) is 223 cm³/mol. The Morgan fingerprint density at radius 2 is 0.630 bits per heavy atom. The van der Waals surface area contributed by atoms with E-state index in [2.05, 4.69) is 175 Å². The number of nitrogens with zero attached hydrogens (tertiary/aromatic N) is 3. The molecule has 3 heteroatoms. The molecule has 2 aromatic heterocycles. The third-order valence-electron chi connectivity index (χ3n) is 9.83. The van der Waals surface area contributed by atoms with Crippen molar-refractivity contribution in [1.82, 2.24) is 15.0 Å². The molecule has 0 aliphatic heterocycles. The molecule has 9 rings (SSSR count). The number of hydrogen-bond donors (Lipinski definition) is 0. The Balaban J connectivity index is 1.22. The fourth-order valence-electron chi connectivity index (χ4n) is 7.21. The van der Waals surface area contributed by atoms with Gasteiger partial charge in [0.1, 0.15) is 0 Å². The lowest BCUT2D eigenvalue weighted by Gasteiger charge is -2.18. The van der Waals surface area contributed by atoms with Crippen LogP contribution >= 0.6 is 0 Å². The largest absolute Gasteiger partial charge is 0.265 e. The van der Waals surface area contributed by atoms with Crippen molar-refractivity contribution in [2.24, 2.45) is 0 Å². The minimum Gasteiger partial charge on any atom is -0.265 e. The molecule has 0 atom stereocenters. The van der Waals surface area contributed by atoms with E-state index in [9.17, 15) is 0 Å². The third-order valence-corrected chi connectivity index (χ3v) is 9.83. The van der Waals surface area contributed by atoms with Crippen molar-refractivity contribution in [3.05, 3.63) is 213 Å². The molecule has 0 aliphatic carbocycles. The predicted octanol–water partition coefficient (Wildman–Crippen LogP) is 13.2. The molecule has 7 aromatic carbocycles. The number of aromatic nitrogens is 3. The molecule has 0 radical (unpaired) electrons. The van der Waals surface area contributed by atoms with Crippen molar-refractivity contribution in [2.75, 3.05) is 0 Å². The average Bonchev–Trinajstić information content (AvgIpc) is 3.27. The lowest BCUT2D eigenvalue weighted by Crippen LogP contribution is -1.97. The second kappa shape index (κ2) is 14.8. The van der Waals surface area contributed by atoms with Gasteiger partial charge < -0.3 is 0 Å². The second-order valence-electron chi connectivity index (χ2n) is 13.2. The van der Waals surface area contributed by atoms with Gasteiger partial charge in [-0.2, -0.15) is 0 Å². The summed E-state index contributed by atoms with van der Waals surface area (Å²) in [5.74, 6) is 0.681. The molecule has 2 heterocycles. The normalized spacial score (nSPS) is 11.0. The number of hydrogen-bond acceptors (Lipinski definition) is 3. The highest BCUT2D eigenvalue weighted by atomic mass is 14.9. The zero-order valence-corrected chi connectivity index (χ0v) is 29.5. The molecule has 0 fully saturated rings. The summed E-state index contributed by atoms with van der Waals surface area (Å²) in [6.45, 7) is 0. The Hall–Kier alpha value is -7.23. The first kappa shape index (κ1) is 32.7. The van der Waals surface area contributed by atoms with Crippen LogP contribution in [0.25, 0.3) is 89.5 Å². The maximum atomic E-state index is 5.20. The van der Waals surface area contributed by atoms with Gasteiger partial charge in [-0.25, -0.2) is 9.97 Å². The van der Waals surface area contributed by atoms with Gasteiger partial charge in [-0.3, -0.25) is 4.98 Å². The highest BCUT2D eigenvalue weighted by molar-refractivity contribution is 5.97. The topological polar surface area (TPSA) is 38.7 Å². The Morgan fingerprint density at radius 1 is 0.241 bits per heavy atom. The quantitative estimate of drug-likeness (QED) is 0.159. The monoisotopic (exact) mass is 689 g/mol. The number of rotatable bonds is 8. The summed E-state index contributed by atoms with van der Waals surface area (Å²) in [6.07, 6.45) is 3.61. The van der Waals surface area contributed by atoms with Crippen LogP contribution in [-0.4, -0.2) is 15.0 Å². The molecular weight excluding hydrogens is 655 g/mol. The van der Waals surface area contributed by atoms with Gasteiger partial charge >= 0.3 is 0 Å². The standard InChI is InChI=1S/C51H35N3/c1-4-16-36(17-5-1)40-32-41(37-18-6-2-7-19-37)34-42(33-40)43-22-10-11-23-44(43)45-24-12-13-25-46(45)47-26-14-15-27-48(47)50-35-49(38-28-30-52-31-29-38)53-51(54-50)39-20-8-3-9-21-39/h1-35H. The van der Waals surface area contributed by atoms with E-state index in [4.69, 9.17) is 9.97 Å². The Bertz CT molecular complexity index is 2390. The van der Waals surface area contributed by atoms with Crippen LogP contribution in [-0.2, 0) is 0 Å². The molecule has 9 aromatic rings. The van der Waals surface area contributed by atoms with Crippen LogP contribution in [0.1, 0.15) is 0 Å². The number of pyridine rings is 1. The maximum Gasteiger partial charge on any atom is 0.160 e. The van der Waals surface area contributed by atoms with Gasteiger partial charge in [-0.05, 0) is 92.0 Å². The maximum absolute atomic E-state index is 5.20. The first-order valence-corrected chi connectivity index (χ1v) is 18.2. The molecule has 0 saturated heterocycles. The molecule has 0 N–H and O–H groups in total. The molecule has 0 spiro atoms. The summed E-state index contributed by atoms with van der Waals surface area (Å²) in [6, 6.07) is 70.6. The van der Waals surface area contributed by atoms with E-state index in [1.807, 2.05) is 30.3 Å². The molecule has 0 bridgehead atoms. The molecule has 0 amide bonds. The molecular formula is C51H35N3. The summed E-state index contributed by atoms with van der Waals surface area (Å²) in [4.78, 5) is 14.5. The van der Waals surface area contributed by atoms with Gasteiger partial charge in [-0.1, -0.05) is 164 Å². The summed E-state index contributed by atoms with van der Waals surface area (Å²) in [7, 11) is 0. The molecule has 3 nitrogen and oxygen atoms in total. The zero-order valence-electron chi connectivity index (χ0n) is 29.5. The zero-order chi connectivity index (χ0) is 36.1. The fraction of sp³-hybridized carbons (Fsp3) is 0. The van der Waals surface area contributed by atoms with Gasteiger partial charge in [-0.15, -0.1) is 0 Å². The molecule has 54 heavy (non-hydrogen) atoms. The van der Waals surface area contributed by atoms with Gasteiger partial charge in [0, 0.05) is 29.1 Å². The van der Waals surface area contributed by atoms with Crippen LogP contribution in [0.5, 0.6) is 0 Å². The van der Waals surface area contributed by atoms with Crippen molar-refractivity contribution in [2.45, 2.75) is 0 Å². The Labute approximate surface area is 316 Å². The average molecular weight is 690 g/mol. The van der Waals surface area contributed by atoms with Crippen LogP contribution < -0.4 is 0 Å². The first-order chi connectivity index (χ1) is 26.8. The van der Waals surface area contributed by atoms with Gasteiger partial charge in [0.25, 0.3) is 0 Å². The Kier molecular flexibility index (Phi) is 8.94. The van der Waals surface area contributed by atoms with Crippen LogP contribution in [0, 0.1) is 0 Å². The van der Waals surface area contributed by atoms with Crippen molar-refractivity contribution in [1.29, 1.82) is 0 Å². The van der Waals surface area contributed by atoms with E-state index < -0.39 is 0 Å². The van der Waals surface area contributed by atoms with E-state index in [1.54, 1.807) is 12.4 Å². The second-order valence-corrected chi connectivity index (χ2v) is 13.2. The minimum absolute atomic E-state index is 0.681. The van der Waals surface area contributed by atoms with Gasteiger partial charge in [0.15, 0.2) is 5.82 Å². The van der Waals surface area contributed by atoms with Gasteiger partial charge in [0.05, 0.1) is 11.4 Å². The van der Waals surface area contributed by atoms with Crippen molar-refractivity contribution < 1.29 is 0 Å². The van der Waals surface area contributed by atoms with Crippen molar-refractivity contribution in [3.63, 3.8) is 0 Å². The van der Waals surface area contributed by atoms with Crippen LogP contribution in [0.15, 0.2) is 213 Å². The van der Waals surface area contributed by atoms with E-state index in [1.165, 1.54) is 33.4 Å². The molecule has 0 saturated carbocycles. The van der Waals surface area contributed by atoms with Crippen LogP contribution in [0.2, 0.25) is 0 Å². The van der Waals surface area contributed by atoms with Crippen molar-refractivity contribution >= 4 is 0 Å². The minimum atomic E-state index is 0.681. The van der Waals surface area contributed by atoms with E-state index in [0.717, 1.165) is 50.3 Å². The molecule has 0 aliphatic rings. The van der Waals surface area contributed by atoms with Crippen LogP contribution in [0.3, 0.4) is 0 Å². The molecule has 254 valence electrons. The lowest BCUT2D eigenvalue weighted by molar-refractivity contribution is 1.18. The summed E-state index contributed by atoms with van der Waals surface area (Å²) in [5, 5.41) is 0. The smallest absolute Gasteiger partial charge is 0.160 e. The molecule has 0 unspecified atom stereocenters. The third kappa shape index (κ3) is 6.63. The van der Waals surface area contributed by atoms with Crippen LogP contribution in [0.4, 0.5) is 0 Å². The Morgan fingerprint density at radius 3 is 1.17 bits per heavy atom. The van der Waals surface area contributed by atoms with E-state index >= 15 is 0 Å². The fourth-order valence-corrected chi connectivity index (χ4v) is 7.21. The first-order valence-electron chi connectivity index (χ1n) is 18.2. The number of benzene rings is 7. The van der Waals surface area contributed by atoms with E-state index in [-0.39, 0.29) is 0 Å². The highest BCUT2D eigenvalue weighted by Crippen LogP contribution is 2.43. The highest BCUT2D eigenvalue weighted by Gasteiger charge is 2.18. The summed E-state index contributed by atoms with van der Waals surface area (Å²) in [5.41, 5.74) is 16.3. The summed E-state index contributed by atoms with van der Waals surface area (Å²) >= 11 is 0. The van der Waals surface area contributed by atoms with E-state index in [0.29, 0.717) is 5.82 Å². The SMILES string of the molecule is c1ccc(-c2cc(-c3ccccc3)cc(-c3ccccc3-c3ccccc3-c3ccccc3-c3cc(-c4ccncc4)nc(-c4ccccc4)n3)c2)cc1. The lowest BCUT2D eigenvalue weighted by atomic mass is 9.86. The van der Waals surface area contributed by atoms with Gasteiger partial charge in [0.2, 0.25) is 0 Å².